The van der Waals surface area contributed by atoms with Crippen molar-refractivity contribution in [1.29, 1.82) is 5.26 Å². The Labute approximate surface area is 271 Å². The van der Waals surface area contributed by atoms with Gasteiger partial charge in [-0.25, -0.2) is 4.39 Å². The summed E-state index contributed by atoms with van der Waals surface area (Å²) in [6, 6.07) is 16.8. The number of nitrogens with one attached hydrogen (secondary N) is 2. The fraction of sp³-hybridized carbons (Fsp3) is 0.265. The molecule has 3 aromatic carbocycles. The maximum atomic E-state index is 13.5. The van der Waals surface area contributed by atoms with Gasteiger partial charge in [-0.05, 0) is 55.9 Å². The van der Waals surface area contributed by atoms with Crippen LogP contribution in [0.5, 0.6) is 11.5 Å². The number of hydrogen-bond acceptors (Lipinski definition) is 9. The number of rotatable bonds is 12. The molecule has 0 unspecified atom stereocenters. The summed E-state index contributed by atoms with van der Waals surface area (Å²) < 4.78 is 31.0. The number of aliphatic hydroxyl groups excluding tert-OH is 1. The van der Waals surface area contributed by atoms with Crippen molar-refractivity contribution in [2.75, 3.05) is 37.4 Å². The van der Waals surface area contributed by atoms with Crippen LogP contribution in [0.1, 0.15) is 24.5 Å². The van der Waals surface area contributed by atoms with Gasteiger partial charge in [0.15, 0.2) is 0 Å². The van der Waals surface area contributed by atoms with Crippen molar-refractivity contribution in [2.45, 2.75) is 32.3 Å². The Kier molecular flexibility index (Phi) is 10.7. The summed E-state index contributed by atoms with van der Waals surface area (Å²) in [7, 11) is 1.74. The molecule has 1 aliphatic heterocycles. The Balaban J connectivity index is 1.43. The van der Waals surface area contributed by atoms with Crippen LogP contribution in [0.4, 0.5) is 21.5 Å². The monoisotopic (exact) mass is 645 g/mol. The molecule has 1 fully saturated rings. The van der Waals surface area contributed by atoms with E-state index in [2.05, 4.69) is 21.7 Å². The van der Waals surface area contributed by atoms with Crippen LogP contribution < -0.4 is 20.1 Å². The standard InChI is InChI=1S/C34H33ClFN5O5/c1-21(42)41(2)11-4-7-33(43)40-30-15-27-29(16-32(30)46-26-10-12-44-20-26)38-18-23(17-37)34(27)39-25-8-9-31(28(35)14-25)45-19-22-5-3-6-24(36)13-22/h3-9,13-16,18,21,26,42H,10-12,19-20H2,1-2H3,(H,38,39)(H,40,43)/b7-4+/t21-,26-/m0/s1. The number of carbonyl (C=O) groups is 1. The number of nitrogens with zero attached hydrogens (tertiary/aromatic N) is 3. The Hall–Kier alpha value is -4.73. The molecule has 3 N–H and O–H groups in total. The van der Waals surface area contributed by atoms with Gasteiger partial charge in [-0.15, -0.1) is 0 Å². The van der Waals surface area contributed by atoms with Crippen LogP contribution in [0.25, 0.3) is 10.9 Å². The van der Waals surface area contributed by atoms with E-state index >= 15 is 0 Å². The number of hydrogen-bond donors (Lipinski definition) is 3. The second-order valence-electron chi connectivity index (χ2n) is 10.8. The van der Waals surface area contributed by atoms with Crippen LogP contribution in [0, 0.1) is 17.1 Å². The molecule has 46 heavy (non-hydrogen) atoms. The molecule has 1 saturated heterocycles. The number of pyridine rings is 1. The Bertz CT molecular complexity index is 1790. The lowest BCUT2D eigenvalue weighted by molar-refractivity contribution is -0.112. The first-order chi connectivity index (χ1) is 22.2. The number of halogens is 2. The van der Waals surface area contributed by atoms with Gasteiger partial charge in [0.2, 0.25) is 5.91 Å². The number of benzene rings is 3. The van der Waals surface area contributed by atoms with E-state index in [0.717, 1.165) is 0 Å². The SMILES string of the molecule is C[C@H](O)N(C)C/C=C/C(=O)Nc1cc2c(Nc3ccc(OCc4cccc(F)c4)c(Cl)c3)c(C#N)cnc2cc1O[C@H]1CCOC1. The molecule has 12 heteroatoms. The minimum atomic E-state index is -0.659. The Morgan fingerprint density at radius 1 is 1.28 bits per heavy atom. The average molecular weight is 646 g/mol. The van der Waals surface area contributed by atoms with Crippen LogP contribution in [0.15, 0.2) is 72.9 Å². The van der Waals surface area contributed by atoms with Gasteiger partial charge in [-0.2, -0.15) is 5.26 Å². The normalized spacial score (nSPS) is 15.2. The number of likely N-dealkylation sites (N-methyl/N-ethyl adjacent to an activating group) is 1. The summed E-state index contributed by atoms with van der Waals surface area (Å²) in [5, 5.41) is 26.7. The predicted octanol–water partition coefficient (Wildman–Crippen LogP) is 6.15. The van der Waals surface area contributed by atoms with Gasteiger partial charge in [0, 0.05) is 42.4 Å². The van der Waals surface area contributed by atoms with E-state index in [1.54, 1.807) is 67.4 Å². The third-order valence-electron chi connectivity index (χ3n) is 7.31. The molecule has 0 saturated carbocycles. The van der Waals surface area contributed by atoms with E-state index in [1.807, 2.05) is 0 Å². The van der Waals surface area contributed by atoms with Gasteiger partial charge >= 0.3 is 0 Å². The minimum absolute atomic E-state index is 0.135. The third kappa shape index (κ3) is 8.29. The molecular weight excluding hydrogens is 613 g/mol. The number of fused-ring (bicyclic) bond motifs is 1. The maximum absolute atomic E-state index is 13.5. The third-order valence-corrected chi connectivity index (χ3v) is 7.61. The van der Waals surface area contributed by atoms with E-state index < -0.39 is 12.1 Å². The van der Waals surface area contributed by atoms with E-state index in [1.165, 1.54) is 24.4 Å². The van der Waals surface area contributed by atoms with Gasteiger partial charge in [-0.1, -0.05) is 29.8 Å². The number of ether oxygens (including phenoxy) is 3. The number of carbonyl (C=O) groups excluding carboxylic acids is 1. The molecule has 1 amide bonds. The number of aromatic nitrogens is 1. The molecule has 0 radical (unpaired) electrons. The van der Waals surface area contributed by atoms with Crippen molar-refractivity contribution in [1.82, 2.24) is 9.88 Å². The number of aliphatic hydroxyl groups is 1. The van der Waals surface area contributed by atoms with E-state index in [9.17, 15) is 19.6 Å². The molecule has 0 bridgehead atoms. The second-order valence-corrected chi connectivity index (χ2v) is 11.2. The molecule has 0 aliphatic carbocycles. The van der Waals surface area contributed by atoms with Crippen molar-refractivity contribution >= 4 is 45.5 Å². The van der Waals surface area contributed by atoms with Gasteiger partial charge < -0.3 is 30.0 Å². The van der Waals surface area contributed by atoms with Crippen LogP contribution in [0.2, 0.25) is 5.02 Å². The van der Waals surface area contributed by atoms with Crippen molar-refractivity contribution in [2.24, 2.45) is 0 Å². The summed E-state index contributed by atoms with van der Waals surface area (Å²) >= 11 is 6.53. The van der Waals surface area contributed by atoms with Crippen LogP contribution in [-0.2, 0) is 16.1 Å². The van der Waals surface area contributed by atoms with E-state index in [0.29, 0.717) is 76.2 Å². The molecule has 1 aromatic heterocycles. The molecule has 2 heterocycles. The quantitative estimate of drug-likeness (QED) is 0.123. The lowest BCUT2D eigenvalue weighted by Gasteiger charge is -2.19. The minimum Gasteiger partial charge on any atom is -0.487 e. The second kappa shape index (κ2) is 15.0. The number of anilines is 3. The molecule has 10 nitrogen and oxygen atoms in total. The fourth-order valence-corrected chi connectivity index (χ4v) is 4.94. The Morgan fingerprint density at radius 2 is 2.13 bits per heavy atom. The zero-order valence-corrected chi connectivity index (χ0v) is 26.1. The number of amides is 1. The van der Waals surface area contributed by atoms with Gasteiger partial charge in [0.1, 0.15) is 42.3 Å². The van der Waals surface area contributed by atoms with Crippen molar-refractivity contribution in [3.05, 3.63) is 94.9 Å². The van der Waals surface area contributed by atoms with Gasteiger partial charge in [0.05, 0.1) is 40.7 Å². The molecule has 4 aromatic rings. The summed E-state index contributed by atoms with van der Waals surface area (Å²) in [6.45, 7) is 3.14. The van der Waals surface area contributed by atoms with E-state index in [4.69, 9.17) is 25.8 Å². The first kappa shape index (κ1) is 32.7. The molecular formula is C34H33ClFN5O5. The maximum Gasteiger partial charge on any atom is 0.248 e. The molecule has 238 valence electrons. The lowest BCUT2D eigenvalue weighted by atomic mass is 10.1. The van der Waals surface area contributed by atoms with Gasteiger partial charge in [-0.3, -0.25) is 14.7 Å². The van der Waals surface area contributed by atoms with Crippen molar-refractivity contribution in [3.63, 3.8) is 0 Å². The first-order valence-corrected chi connectivity index (χ1v) is 15.0. The zero-order valence-electron chi connectivity index (χ0n) is 25.3. The lowest BCUT2D eigenvalue weighted by Crippen LogP contribution is -2.28. The first-order valence-electron chi connectivity index (χ1n) is 14.6. The predicted molar refractivity (Wildman–Crippen MR) is 174 cm³/mol. The van der Waals surface area contributed by atoms with Crippen molar-refractivity contribution < 1.29 is 28.5 Å². The van der Waals surface area contributed by atoms with Crippen LogP contribution in [-0.4, -0.2) is 60.0 Å². The largest absolute Gasteiger partial charge is 0.487 e. The van der Waals surface area contributed by atoms with Gasteiger partial charge in [0.25, 0.3) is 0 Å². The summed E-state index contributed by atoms with van der Waals surface area (Å²) in [5.74, 6) is 0.0739. The van der Waals surface area contributed by atoms with Crippen molar-refractivity contribution in [3.8, 4) is 17.6 Å². The van der Waals surface area contributed by atoms with Crippen LogP contribution >= 0.6 is 11.6 Å². The highest BCUT2D eigenvalue weighted by atomic mass is 35.5. The molecule has 1 aliphatic rings. The Morgan fingerprint density at radius 3 is 2.85 bits per heavy atom. The topological polar surface area (TPSA) is 129 Å². The highest BCUT2D eigenvalue weighted by Crippen LogP contribution is 2.38. The highest BCUT2D eigenvalue weighted by Gasteiger charge is 2.21. The molecule has 0 spiro atoms. The highest BCUT2D eigenvalue weighted by molar-refractivity contribution is 6.32. The smallest absolute Gasteiger partial charge is 0.248 e. The molecule has 2 atom stereocenters. The summed E-state index contributed by atoms with van der Waals surface area (Å²) in [5.41, 5.74) is 2.88. The average Bonchev–Trinajstić information content (AvgIpc) is 3.54. The zero-order chi connectivity index (χ0) is 32.6. The van der Waals surface area contributed by atoms with E-state index in [-0.39, 0.29) is 24.1 Å². The summed E-state index contributed by atoms with van der Waals surface area (Å²) in [4.78, 5) is 19.1. The fourth-order valence-electron chi connectivity index (χ4n) is 4.70. The van der Waals surface area contributed by atoms with Crippen LogP contribution in [0.3, 0.4) is 0 Å². The number of nitriles is 1. The molecule has 5 rings (SSSR count). The summed E-state index contributed by atoms with van der Waals surface area (Å²) in [6.07, 6.45) is 4.34.